The molecule has 36 heavy (non-hydrogen) atoms. The van der Waals surface area contributed by atoms with Crippen LogP contribution in [0.4, 0.5) is 30.2 Å². The summed E-state index contributed by atoms with van der Waals surface area (Å²) in [5.74, 6) is 5.17. The van der Waals surface area contributed by atoms with Crippen molar-refractivity contribution in [1.29, 1.82) is 5.41 Å². The molecule has 0 fully saturated rings. The lowest BCUT2D eigenvalue weighted by Crippen LogP contribution is -2.29. The molecule has 0 amide bonds. The van der Waals surface area contributed by atoms with E-state index in [1.54, 1.807) is 35.0 Å². The van der Waals surface area contributed by atoms with Crippen LogP contribution in [0.2, 0.25) is 0 Å². The molecule has 194 valence electrons. The molecule has 0 saturated heterocycles. The number of ether oxygens (including phenoxy) is 1. The predicted octanol–water partition coefficient (Wildman–Crippen LogP) is 2.84. The topological polar surface area (TPSA) is 133 Å². The Bertz CT molecular complexity index is 1270. The second kappa shape index (κ2) is 10.7. The summed E-state index contributed by atoms with van der Waals surface area (Å²) in [7, 11) is 7.32. The number of fused-ring (bicyclic) bond motifs is 1. The van der Waals surface area contributed by atoms with Crippen LogP contribution in [-0.2, 0) is 7.05 Å². The maximum absolute atomic E-state index is 13.2. The van der Waals surface area contributed by atoms with Crippen LogP contribution < -0.4 is 32.0 Å². The zero-order valence-corrected chi connectivity index (χ0v) is 20.4. The number of aryl methyl sites for hydroxylation is 1. The Labute approximate surface area is 206 Å². The van der Waals surface area contributed by atoms with Crippen molar-refractivity contribution >= 4 is 33.7 Å². The molecule has 0 saturated carbocycles. The highest BCUT2D eigenvalue weighted by atomic mass is 19.4. The third-order valence-electron chi connectivity index (χ3n) is 5.42. The number of nitrogens with zero attached hydrogens (tertiary/aromatic N) is 4. The summed E-state index contributed by atoms with van der Waals surface area (Å²) in [6.45, 7) is 1.20. The molecule has 3 rings (SSSR count). The molecule has 7 N–H and O–H groups in total. The highest BCUT2D eigenvalue weighted by molar-refractivity contribution is 6.08. The second-order valence-corrected chi connectivity index (χ2v) is 8.46. The van der Waals surface area contributed by atoms with Crippen molar-refractivity contribution in [2.45, 2.75) is 6.36 Å². The normalized spacial score (nSPS) is 12.2. The number of hydrogen-bond donors (Lipinski definition) is 5. The highest BCUT2D eigenvalue weighted by Gasteiger charge is 2.33. The van der Waals surface area contributed by atoms with Gasteiger partial charge in [0.25, 0.3) is 0 Å². The molecule has 13 heteroatoms. The summed E-state index contributed by atoms with van der Waals surface area (Å²) in [5.41, 5.74) is 10.6. The molecule has 2 aromatic carbocycles. The van der Waals surface area contributed by atoms with Crippen LogP contribution in [0.25, 0.3) is 10.9 Å². The number of hydrogen-bond acceptors (Lipinski definition) is 9. The van der Waals surface area contributed by atoms with Crippen LogP contribution in [0.15, 0.2) is 48.4 Å². The van der Waals surface area contributed by atoms with Crippen LogP contribution in [-0.4, -0.2) is 61.0 Å². The largest absolute Gasteiger partial charge is 0.573 e. The number of nitrogens with one attached hydrogen (secondary N) is 3. The number of allylic oxidation sites excluding steroid dienone is 1. The van der Waals surface area contributed by atoms with E-state index in [9.17, 15) is 13.2 Å². The number of likely N-dealkylation sites (N-methyl/N-ethyl adjacent to an activating group) is 2. The first kappa shape index (κ1) is 26.6. The Kier molecular flexibility index (Phi) is 7.95. The van der Waals surface area contributed by atoms with Crippen LogP contribution in [0, 0.1) is 5.41 Å². The van der Waals surface area contributed by atoms with E-state index in [-0.39, 0.29) is 22.9 Å². The summed E-state index contributed by atoms with van der Waals surface area (Å²) < 4.78 is 45.6. The zero-order chi connectivity index (χ0) is 26.6. The fraction of sp³-hybridized carbons (Fsp3) is 0.304. The molecule has 0 aliphatic rings. The molecule has 0 aliphatic carbocycles. The minimum absolute atomic E-state index is 0.0615. The fourth-order valence-corrected chi connectivity index (χ4v) is 3.51. The van der Waals surface area contributed by atoms with E-state index >= 15 is 0 Å². The van der Waals surface area contributed by atoms with Gasteiger partial charge in [0.05, 0.1) is 34.5 Å². The third-order valence-corrected chi connectivity index (χ3v) is 5.42. The quantitative estimate of drug-likeness (QED) is 0.123. The molecule has 1 heterocycles. The van der Waals surface area contributed by atoms with Crippen molar-refractivity contribution in [1.82, 2.24) is 20.1 Å². The maximum Gasteiger partial charge on any atom is 0.573 e. The van der Waals surface area contributed by atoms with Gasteiger partial charge in [-0.3, -0.25) is 4.68 Å². The minimum Gasteiger partial charge on any atom is -0.403 e. The lowest BCUT2D eigenvalue weighted by atomic mass is 10.1. The number of alkyl halides is 3. The third kappa shape index (κ3) is 6.58. The molecule has 0 spiro atoms. The Morgan fingerprint density at radius 3 is 2.56 bits per heavy atom. The van der Waals surface area contributed by atoms with E-state index in [0.717, 1.165) is 10.9 Å². The number of rotatable bonds is 10. The van der Waals surface area contributed by atoms with E-state index < -0.39 is 12.1 Å². The van der Waals surface area contributed by atoms with Gasteiger partial charge >= 0.3 is 6.36 Å². The summed E-state index contributed by atoms with van der Waals surface area (Å²) >= 11 is 0. The van der Waals surface area contributed by atoms with Gasteiger partial charge in [0.1, 0.15) is 5.82 Å². The van der Waals surface area contributed by atoms with E-state index in [4.69, 9.17) is 17.0 Å². The SMILES string of the molecule is CN(C)CCN(C)c1cc(OC(F)(F)F)c(N/C(=C/C(=N)c2ccc3c(cnn3C)c2)NN)cc1N. The van der Waals surface area contributed by atoms with Crippen molar-refractivity contribution in [3.63, 3.8) is 0 Å². The van der Waals surface area contributed by atoms with E-state index in [2.05, 4.69) is 20.6 Å². The lowest BCUT2D eigenvalue weighted by molar-refractivity contribution is -0.274. The molecular weight excluding hydrogens is 475 g/mol. The number of halogens is 3. The van der Waals surface area contributed by atoms with E-state index in [0.29, 0.717) is 24.3 Å². The van der Waals surface area contributed by atoms with Crippen molar-refractivity contribution in [2.75, 3.05) is 50.2 Å². The number of aromatic nitrogens is 2. The maximum atomic E-state index is 13.2. The van der Waals surface area contributed by atoms with Gasteiger partial charge in [0.2, 0.25) is 0 Å². The predicted molar refractivity (Wildman–Crippen MR) is 136 cm³/mol. The Balaban J connectivity index is 1.92. The second-order valence-electron chi connectivity index (χ2n) is 8.46. The van der Waals surface area contributed by atoms with Gasteiger partial charge in [-0.1, -0.05) is 6.07 Å². The summed E-state index contributed by atoms with van der Waals surface area (Å²) in [6.07, 6.45) is -1.91. The number of nitrogens with two attached hydrogens (primary N) is 2. The van der Waals surface area contributed by atoms with Crippen LogP contribution in [0.1, 0.15) is 5.56 Å². The van der Waals surface area contributed by atoms with Crippen molar-refractivity contribution in [2.24, 2.45) is 12.9 Å². The summed E-state index contributed by atoms with van der Waals surface area (Å²) in [6, 6.07) is 7.90. The number of nitrogen functional groups attached to an aromatic ring is 1. The number of anilines is 3. The van der Waals surface area contributed by atoms with Crippen molar-refractivity contribution < 1.29 is 17.9 Å². The first-order chi connectivity index (χ1) is 16.9. The van der Waals surface area contributed by atoms with Gasteiger partial charge in [-0.15, -0.1) is 13.2 Å². The van der Waals surface area contributed by atoms with Crippen LogP contribution in [0.5, 0.6) is 5.75 Å². The average Bonchev–Trinajstić information content (AvgIpc) is 3.17. The summed E-state index contributed by atoms with van der Waals surface area (Å²) in [4.78, 5) is 3.69. The zero-order valence-electron chi connectivity index (χ0n) is 20.4. The molecule has 10 nitrogen and oxygen atoms in total. The van der Waals surface area contributed by atoms with Gasteiger partial charge in [-0.2, -0.15) is 5.10 Å². The van der Waals surface area contributed by atoms with E-state index in [1.807, 2.05) is 32.1 Å². The lowest BCUT2D eigenvalue weighted by Gasteiger charge is -2.25. The Morgan fingerprint density at radius 2 is 1.92 bits per heavy atom. The monoisotopic (exact) mass is 505 g/mol. The van der Waals surface area contributed by atoms with Crippen LogP contribution >= 0.6 is 0 Å². The molecule has 1 aromatic heterocycles. The van der Waals surface area contributed by atoms with Crippen molar-refractivity contribution in [3.8, 4) is 5.75 Å². The molecule has 0 atom stereocenters. The standard InChI is InChI=1S/C23H30F3N9O/c1-33(2)7-8-34(3)20-12-21(36-23(24,25)26)18(10-17(20)28)31-22(32-29)11-16(27)14-5-6-19-15(9-14)13-30-35(19)4/h5-6,9-13,27,31-32H,7-8,28-29H2,1-4H3/b22-11-,27-16?. The van der Waals surface area contributed by atoms with Crippen LogP contribution in [0.3, 0.4) is 0 Å². The van der Waals surface area contributed by atoms with Gasteiger partial charge in [-0.05, 0) is 32.3 Å². The minimum atomic E-state index is -4.93. The first-order valence-electron chi connectivity index (χ1n) is 10.9. The van der Waals surface area contributed by atoms with Gasteiger partial charge in [0.15, 0.2) is 5.75 Å². The van der Waals surface area contributed by atoms with Gasteiger partial charge in [0, 0.05) is 50.3 Å². The first-order valence-corrected chi connectivity index (χ1v) is 10.9. The molecule has 0 bridgehead atoms. The molecule has 0 unspecified atom stereocenters. The van der Waals surface area contributed by atoms with Gasteiger partial charge in [-0.25, -0.2) is 5.84 Å². The average molecular weight is 506 g/mol. The number of hydrazine groups is 1. The Hall–Kier alpha value is -3.97. The summed E-state index contributed by atoms with van der Waals surface area (Å²) in [5, 5.41) is 16.2. The molecule has 3 aromatic rings. The highest BCUT2D eigenvalue weighted by Crippen LogP contribution is 2.38. The molecular formula is C23H30F3N9O. The smallest absolute Gasteiger partial charge is 0.403 e. The fourth-order valence-electron chi connectivity index (χ4n) is 3.51. The number of benzene rings is 2. The van der Waals surface area contributed by atoms with E-state index in [1.165, 1.54) is 18.2 Å². The van der Waals surface area contributed by atoms with Crippen molar-refractivity contribution in [3.05, 3.63) is 54.0 Å². The molecule has 0 radical (unpaired) electrons. The Morgan fingerprint density at radius 1 is 1.19 bits per heavy atom. The molecule has 0 aliphatic heterocycles. The van der Waals surface area contributed by atoms with Gasteiger partial charge < -0.3 is 36.4 Å².